The molecule has 0 aromatic heterocycles. The van der Waals surface area contributed by atoms with Gasteiger partial charge in [0.1, 0.15) is 6.07 Å². The maximum Gasteiger partial charge on any atom is 0.311 e. The van der Waals surface area contributed by atoms with Gasteiger partial charge in [0, 0.05) is 16.7 Å². The standard InChI is InChI=1S/C33H45NO4/c1-28(2)23-10-13-32(6)24(31(23,5)17-20(19-34)26(28)36)16-22(35)25-21-18-30(4,27(37)38-8)12-9-11-29(21,3)14-15-33(25,32)7/h16-17,21,23,25H,9-15,18H2,1-8H3. The van der Waals surface area contributed by atoms with Crippen molar-refractivity contribution in [3.63, 3.8) is 0 Å². The normalized spacial score (nSPS) is 47.6. The molecule has 3 saturated carbocycles. The molecular formula is C33H45NO4. The summed E-state index contributed by atoms with van der Waals surface area (Å²) in [5, 5.41) is 9.88. The molecule has 5 nitrogen and oxygen atoms in total. The lowest BCUT2D eigenvalue weighted by Crippen LogP contribution is -2.63. The molecule has 8 atom stereocenters. The number of hydrogen-bond acceptors (Lipinski definition) is 5. The molecule has 0 bridgehead atoms. The number of ketones is 2. The summed E-state index contributed by atoms with van der Waals surface area (Å²) in [5.74, 6) is -0.0670. The van der Waals surface area contributed by atoms with Gasteiger partial charge in [0.25, 0.3) is 0 Å². The number of Topliss-reactive ketones (excluding diaryl/α,β-unsaturated/α-hetero) is 1. The first-order chi connectivity index (χ1) is 17.5. The third-order valence-electron chi connectivity index (χ3n) is 13.0. The minimum atomic E-state index is -0.660. The van der Waals surface area contributed by atoms with E-state index in [0.717, 1.165) is 50.5 Å². The number of allylic oxidation sites excluding steroid dienone is 4. The van der Waals surface area contributed by atoms with Gasteiger partial charge < -0.3 is 4.74 Å². The zero-order chi connectivity index (χ0) is 28.1. The number of methoxy groups -OCH3 is 1. The van der Waals surface area contributed by atoms with E-state index in [-0.39, 0.29) is 57.1 Å². The van der Waals surface area contributed by atoms with Gasteiger partial charge in [-0.2, -0.15) is 5.26 Å². The number of fused-ring (bicyclic) bond motifs is 7. The van der Waals surface area contributed by atoms with E-state index in [1.807, 2.05) is 32.9 Å². The van der Waals surface area contributed by atoms with Crippen molar-refractivity contribution in [2.24, 2.45) is 50.2 Å². The number of carbonyl (C=O) groups is 3. The van der Waals surface area contributed by atoms with Crippen LogP contribution in [-0.4, -0.2) is 24.6 Å². The SMILES string of the molecule is COC(=O)C1(C)CCCC2(C)CCC3(C)C(C(=O)C=C4C5(C)C=C(C#N)C(=O)C(C)(C)C5CCC43C)C2C1. The van der Waals surface area contributed by atoms with E-state index >= 15 is 0 Å². The topological polar surface area (TPSA) is 84.2 Å². The van der Waals surface area contributed by atoms with Crippen molar-refractivity contribution in [3.8, 4) is 6.07 Å². The van der Waals surface area contributed by atoms with Crippen LogP contribution in [0.25, 0.3) is 0 Å². The van der Waals surface area contributed by atoms with Crippen LogP contribution in [0.1, 0.15) is 99.8 Å². The minimum absolute atomic E-state index is 0.0154. The van der Waals surface area contributed by atoms with Crippen LogP contribution in [-0.2, 0) is 19.1 Å². The average Bonchev–Trinajstić information content (AvgIpc) is 2.98. The molecule has 0 amide bonds. The summed E-state index contributed by atoms with van der Waals surface area (Å²) in [4.78, 5) is 40.7. The highest BCUT2D eigenvalue weighted by molar-refractivity contribution is 6.04. The molecule has 38 heavy (non-hydrogen) atoms. The summed E-state index contributed by atoms with van der Waals surface area (Å²) in [6.07, 6.45) is 11.1. The Morgan fingerprint density at radius 3 is 2.32 bits per heavy atom. The molecule has 0 aliphatic heterocycles. The monoisotopic (exact) mass is 519 g/mol. The first kappa shape index (κ1) is 27.4. The molecule has 0 N–H and O–H groups in total. The zero-order valence-electron chi connectivity index (χ0n) is 24.6. The van der Waals surface area contributed by atoms with E-state index in [4.69, 9.17) is 4.74 Å². The van der Waals surface area contributed by atoms with Crippen molar-refractivity contribution in [1.29, 1.82) is 5.26 Å². The highest BCUT2D eigenvalue weighted by atomic mass is 16.5. The molecule has 5 aliphatic rings. The van der Waals surface area contributed by atoms with Crippen molar-refractivity contribution in [1.82, 2.24) is 0 Å². The van der Waals surface area contributed by atoms with Gasteiger partial charge in [-0.15, -0.1) is 0 Å². The number of hydrogen-bond donors (Lipinski definition) is 0. The Morgan fingerprint density at radius 1 is 1.00 bits per heavy atom. The molecule has 3 fully saturated rings. The molecule has 0 spiro atoms. The summed E-state index contributed by atoms with van der Waals surface area (Å²) in [6, 6.07) is 2.18. The number of nitriles is 1. The quantitative estimate of drug-likeness (QED) is 0.357. The van der Waals surface area contributed by atoms with E-state index in [2.05, 4.69) is 33.8 Å². The summed E-state index contributed by atoms with van der Waals surface area (Å²) < 4.78 is 5.28. The lowest BCUT2D eigenvalue weighted by molar-refractivity contribution is -0.166. The first-order valence-corrected chi connectivity index (χ1v) is 14.6. The van der Waals surface area contributed by atoms with Crippen LogP contribution in [0.4, 0.5) is 0 Å². The Bertz CT molecular complexity index is 1220. The van der Waals surface area contributed by atoms with Crippen molar-refractivity contribution < 1.29 is 19.1 Å². The van der Waals surface area contributed by atoms with Crippen LogP contribution < -0.4 is 0 Å². The van der Waals surface area contributed by atoms with Gasteiger partial charge in [-0.25, -0.2) is 0 Å². The molecular weight excluding hydrogens is 474 g/mol. The van der Waals surface area contributed by atoms with Crippen LogP contribution in [0.5, 0.6) is 0 Å². The average molecular weight is 520 g/mol. The van der Waals surface area contributed by atoms with Crippen LogP contribution >= 0.6 is 0 Å². The molecule has 0 radical (unpaired) electrons. The fourth-order valence-electron chi connectivity index (χ4n) is 10.5. The molecule has 8 unspecified atom stereocenters. The summed E-state index contributed by atoms with van der Waals surface area (Å²) >= 11 is 0. The molecule has 0 heterocycles. The second-order valence-electron chi connectivity index (χ2n) is 15.2. The van der Waals surface area contributed by atoms with Gasteiger partial charge in [0.05, 0.1) is 18.1 Å². The molecule has 5 heteroatoms. The van der Waals surface area contributed by atoms with Crippen LogP contribution in [0.3, 0.4) is 0 Å². The fourth-order valence-corrected chi connectivity index (χ4v) is 10.5. The molecule has 5 aliphatic carbocycles. The van der Waals surface area contributed by atoms with E-state index in [1.54, 1.807) is 0 Å². The summed E-state index contributed by atoms with van der Waals surface area (Å²) in [6.45, 7) is 15.2. The predicted molar refractivity (Wildman–Crippen MR) is 146 cm³/mol. The Morgan fingerprint density at radius 2 is 1.68 bits per heavy atom. The minimum Gasteiger partial charge on any atom is -0.469 e. The molecule has 5 rings (SSSR count). The second kappa shape index (κ2) is 8.15. The molecule has 0 aromatic rings. The number of nitrogens with zero attached hydrogens (tertiary/aromatic N) is 1. The van der Waals surface area contributed by atoms with Gasteiger partial charge in [-0.1, -0.05) is 59.6 Å². The first-order valence-electron chi connectivity index (χ1n) is 14.6. The number of carbonyl (C=O) groups excluding carboxylic acids is 3. The van der Waals surface area contributed by atoms with Gasteiger partial charge in [-0.3, -0.25) is 14.4 Å². The third-order valence-corrected chi connectivity index (χ3v) is 13.0. The van der Waals surface area contributed by atoms with Crippen molar-refractivity contribution >= 4 is 17.5 Å². The zero-order valence-corrected chi connectivity index (χ0v) is 24.6. The third kappa shape index (κ3) is 3.24. The highest BCUT2D eigenvalue weighted by Crippen LogP contribution is 2.74. The fraction of sp³-hybridized carbons (Fsp3) is 0.758. The van der Waals surface area contributed by atoms with Crippen LogP contribution in [0.2, 0.25) is 0 Å². The lowest BCUT2D eigenvalue weighted by atomic mass is 9.35. The Kier molecular flexibility index (Phi) is 5.87. The lowest BCUT2D eigenvalue weighted by Gasteiger charge is -2.68. The second-order valence-corrected chi connectivity index (χ2v) is 15.2. The largest absolute Gasteiger partial charge is 0.469 e. The maximum atomic E-state index is 14.4. The Hall–Kier alpha value is -2.22. The van der Waals surface area contributed by atoms with Crippen LogP contribution in [0, 0.1) is 61.6 Å². The van der Waals surface area contributed by atoms with Gasteiger partial charge >= 0.3 is 5.97 Å². The smallest absolute Gasteiger partial charge is 0.311 e. The van der Waals surface area contributed by atoms with Gasteiger partial charge in [0.15, 0.2) is 11.6 Å². The molecule has 0 saturated heterocycles. The van der Waals surface area contributed by atoms with E-state index in [9.17, 15) is 19.6 Å². The Balaban J connectivity index is 1.68. The highest BCUT2D eigenvalue weighted by Gasteiger charge is 2.69. The van der Waals surface area contributed by atoms with Crippen LogP contribution in [0.15, 0.2) is 23.3 Å². The Labute approximate surface area is 228 Å². The van der Waals surface area contributed by atoms with Crippen molar-refractivity contribution in [3.05, 3.63) is 23.3 Å². The van der Waals surface area contributed by atoms with Crippen molar-refractivity contribution in [2.75, 3.05) is 7.11 Å². The summed E-state index contributed by atoms with van der Waals surface area (Å²) in [7, 11) is 1.48. The van der Waals surface area contributed by atoms with Gasteiger partial charge in [-0.05, 0) is 86.0 Å². The van der Waals surface area contributed by atoms with E-state index in [1.165, 1.54) is 7.11 Å². The van der Waals surface area contributed by atoms with E-state index in [0.29, 0.717) is 6.42 Å². The summed E-state index contributed by atoms with van der Waals surface area (Å²) in [5.41, 5.74) is -0.904. The van der Waals surface area contributed by atoms with Gasteiger partial charge in [0.2, 0.25) is 0 Å². The maximum absolute atomic E-state index is 14.4. The van der Waals surface area contributed by atoms with Crippen molar-refractivity contribution in [2.45, 2.75) is 99.8 Å². The molecule has 0 aromatic carbocycles. The molecule has 206 valence electrons. The van der Waals surface area contributed by atoms with E-state index < -0.39 is 16.2 Å². The number of esters is 1. The number of rotatable bonds is 1. The number of ether oxygens (including phenoxy) is 1. The predicted octanol–water partition coefficient (Wildman–Crippen LogP) is 6.77.